The second kappa shape index (κ2) is 6.21. The van der Waals surface area contributed by atoms with Gasteiger partial charge in [-0.05, 0) is 24.3 Å². The summed E-state index contributed by atoms with van der Waals surface area (Å²) in [5.41, 5.74) is 0. The van der Waals surface area contributed by atoms with Crippen molar-refractivity contribution < 1.29 is 23.4 Å². The summed E-state index contributed by atoms with van der Waals surface area (Å²) in [4.78, 5) is 11.4. The zero-order valence-corrected chi connectivity index (χ0v) is 11.4. The van der Waals surface area contributed by atoms with E-state index in [4.69, 9.17) is 5.11 Å². The molecule has 0 heterocycles. The Balaban J connectivity index is 2.57. The van der Waals surface area contributed by atoms with Crippen molar-refractivity contribution in [2.24, 2.45) is 0 Å². The van der Waals surface area contributed by atoms with Gasteiger partial charge in [-0.15, -0.1) is 11.8 Å². The van der Waals surface area contributed by atoms with Gasteiger partial charge in [0.05, 0.1) is 17.4 Å². The summed E-state index contributed by atoms with van der Waals surface area (Å²) >= 11 is 1.28. The lowest BCUT2D eigenvalue weighted by molar-refractivity contribution is -0.138. The minimum absolute atomic E-state index is 0.234. The molecule has 1 rings (SSSR count). The van der Waals surface area contributed by atoms with Crippen LogP contribution in [0.1, 0.15) is 6.42 Å². The smallest absolute Gasteiger partial charge is 0.306 e. The van der Waals surface area contributed by atoms with Crippen LogP contribution < -0.4 is 0 Å². The van der Waals surface area contributed by atoms with E-state index in [0.29, 0.717) is 0 Å². The number of rotatable bonds is 6. The van der Waals surface area contributed by atoms with Crippen LogP contribution in [0.3, 0.4) is 0 Å². The Bertz CT molecular complexity index is 507. The van der Waals surface area contributed by atoms with Gasteiger partial charge >= 0.3 is 5.97 Å². The van der Waals surface area contributed by atoms with Crippen LogP contribution in [-0.4, -0.2) is 42.7 Å². The van der Waals surface area contributed by atoms with Gasteiger partial charge in [-0.3, -0.25) is 4.79 Å². The van der Waals surface area contributed by atoms with Crippen LogP contribution >= 0.6 is 11.8 Å². The standard InChI is InChI=1S/C11H14O5S2/c1-18(15,16)10-4-2-9(3-5-10)17-7-8(12)6-11(13)14/h2-5,8,12H,6-7H2,1H3,(H,13,14). The molecule has 1 atom stereocenters. The maximum atomic E-state index is 11.2. The summed E-state index contributed by atoms with van der Waals surface area (Å²) in [6.45, 7) is 0. The molecule has 1 aromatic carbocycles. The first-order chi connectivity index (χ1) is 8.29. The van der Waals surface area contributed by atoms with E-state index in [2.05, 4.69) is 0 Å². The number of aliphatic hydroxyl groups is 1. The van der Waals surface area contributed by atoms with Crippen LogP contribution in [0.5, 0.6) is 0 Å². The number of aliphatic carboxylic acids is 1. The summed E-state index contributed by atoms with van der Waals surface area (Å²) in [6, 6.07) is 6.24. The van der Waals surface area contributed by atoms with E-state index in [1.54, 1.807) is 12.1 Å². The topological polar surface area (TPSA) is 91.7 Å². The normalized spacial score (nSPS) is 13.2. The number of benzene rings is 1. The molecule has 1 aromatic rings. The number of thioether (sulfide) groups is 1. The molecule has 1 unspecified atom stereocenters. The molecule has 0 aliphatic heterocycles. The number of hydrogen-bond acceptors (Lipinski definition) is 5. The van der Waals surface area contributed by atoms with E-state index in [0.717, 1.165) is 11.2 Å². The summed E-state index contributed by atoms with van der Waals surface area (Å²) < 4.78 is 22.4. The molecule has 0 aliphatic carbocycles. The molecular weight excluding hydrogens is 276 g/mol. The average molecular weight is 290 g/mol. The Kier molecular flexibility index (Phi) is 5.18. The van der Waals surface area contributed by atoms with Gasteiger partial charge in [0, 0.05) is 16.9 Å². The Morgan fingerprint density at radius 2 is 1.89 bits per heavy atom. The summed E-state index contributed by atoms with van der Waals surface area (Å²) in [7, 11) is -3.20. The molecule has 100 valence electrons. The quantitative estimate of drug-likeness (QED) is 0.760. The average Bonchev–Trinajstić information content (AvgIpc) is 2.25. The molecule has 5 nitrogen and oxygen atoms in total. The van der Waals surface area contributed by atoms with Crippen molar-refractivity contribution in [2.45, 2.75) is 22.3 Å². The van der Waals surface area contributed by atoms with Crippen LogP contribution in [0, 0.1) is 0 Å². The third-order valence-corrected chi connectivity index (χ3v) is 4.39. The molecule has 0 saturated carbocycles. The first kappa shape index (κ1) is 15.0. The fraction of sp³-hybridized carbons (Fsp3) is 0.364. The summed E-state index contributed by atoms with van der Waals surface area (Å²) in [5, 5.41) is 17.8. The van der Waals surface area contributed by atoms with Crippen molar-refractivity contribution >= 4 is 27.6 Å². The highest BCUT2D eigenvalue weighted by Crippen LogP contribution is 2.21. The van der Waals surface area contributed by atoms with Crippen LogP contribution in [-0.2, 0) is 14.6 Å². The predicted molar refractivity (Wildman–Crippen MR) is 68.5 cm³/mol. The second-order valence-electron chi connectivity index (χ2n) is 3.81. The predicted octanol–water partition coefficient (Wildman–Crippen LogP) is 1.02. The molecule has 0 aliphatic rings. The number of aliphatic hydroxyl groups excluding tert-OH is 1. The van der Waals surface area contributed by atoms with E-state index in [9.17, 15) is 18.3 Å². The lowest BCUT2D eigenvalue weighted by Crippen LogP contribution is -2.15. The monoisotopic (exact) mass is 290 g/mol. The van der Waals surface area contributed by atoms with E-state index in [-0.39, 0.29) is 17.1 Å². The molecular formula is C11H14O5S2. The van der Waals surface area contributed by atoms with Crippen LogP contribution in [0.4, 0.5) is 0 Å². The van der Waals surface area contributed by atoms with Crippen LogP contribution in [0.2, 0.25) is 0 Å². The zero-order valence-electron chi connectivity index (χ0n) is 9.74. The summed E-state index contributed by atoms with van der Waals surface area (Å²) in [6.07, 6.45) is -0.0812. The lowest BCUT2D eigenvalue weighted by Gasteiger charge is -2.07. The SMILES string of the molecule is CS(=O)(=O)c1ccc(SCC(O)CC(=O)O)cc1. The molecule has 7 heteroatoms. The molecule has 0 radical (unpaired) electrons. The highest BCUT2D eigenvalue weighted by atomic mass is 32.2. The molecule has 2 N–H and O–H groups in total. The third-order valence-electron chi connectivity index (χ3n) is 2.10. The van der Waals surface area contributed by atoms with Crippen molar-refractivity contribution in [3.8, 4) is 0 Å². The van der Waals surface area contributed by atoms with Crippen molar-refractivity contribution in [1.29, 1.82) is 0 Å². The van der Waals surface area contributed by atoms with Gasteiger partial charge in [-0.1, -0.05) is 0 Å². The fourth-order valence-corrected chi connectivity index (χ4v) is 2.70. The molecule has 18 heavy (non-hydrogen) atoms. The highest BCUT2D eigenvalue weighted by molar-refractivity contribution is 7.99. The molecule has 0 bridgehead atoms. The number of hydrogen-bond donors (Lipinski definition) is 2. The van der Waals surface area contributed by atoms with Gasteiger partial charge < -0.3 is 10.2 Å². The van der Waals surface area contributed by atoms with Gasteiger partial charge in [-0.25, -0.2) is 8.42 Å². The lowest BCUT2D eigenvalue weighted by atomic mass is 10.3. The van der Waals surface area contributed by atoms with Gasteiger partial charge in [0.15, 0.2) is 9.84 Å². The summed E-state index contributed by atoms with van der Waals surface area (Å²) in [5.74, 6) is -0.791. The largest absolute Gasteiger partial charge is 0.481 e. The number of sulfone groups is 1. The fourth-order valence-electron chi connectivity index (χ4n) is 1.24. The minimum atomic E-state index is -3.20. The number of carboxylic acids is 1. The number of carbonyl (C=O) groups is 1. The Morgan fingerprint density at radius 1 is 1.33 bits per heavy atom. The van der Waals surface area contributed by atoms with Crippen molar-refractivity contribution in [3.05, 3.63) is 24.3 Å². The van der Waals surface area contributed by atoms with E-state index >= 15 is 0 Å². The van der Waals surface area contributed by atoms with E-state index in [1.165, 1.54) is 23.9 Å². The molecule has 0 saturated heterocycles. The minimum Gasteiger partial charge on any atom is -0.481 e. The zero-order chi connectivity index (χ0) is 13.8. The van der Waals surface area contributed by atoms with E-state index in [1.807, 2.05) is 0 Å². The molecule has 0 fully saturated rings. The van der Waals surface area contributed by atoms with Crippen molar-refractivity contribution in [2.75, 3.05) is 12.0 Å². The van der Waals surface area contributed by atoms with Crippen molar-refractivity contribution in [1.82, 2.24) is 0 Å². The van der Waals surface area contributed by atoms with Crippen LogP contribution in [0.15, 0.2) is 34.1 Å². The molecule has 0 spiro atoms. The third kappa shape index (κ3) is 5.07. The van der Waals surface area contributed by atoms with E-state index < -0.39 is 21.9 Å². The van der Waals surface area contributed by atoms with Gasteiger partial charge in [0.1, 0.15) is 0 Å². The molecule has 0 aromatic heterocycles. The Hall–Kier alpha value is -1.05. The molecule has 0 amide bonds. The maximum absolute atomic E-state index is 11.2. The van der Waals surface area contributed by atoms with Crippen molar-refractivity contribution in [3.63, 3.8) is 0 Å². The first-order valence-electron chi connectivity index (χ1n) is 5.12. The first-order valence-corrected chi connectivity index (χ1v) is 7.99. The Morgan fingerprint density at radius 3 is 2.33 bits per heavy atom. The second-order valence-corrected chi connectivity index (χ2v) is 6.92. The number of carboxylic acid groups (broad SMARTS) is 1. The highest BCUT2D eigenvalue weighted by Gasteiger charge is 2.10. The van der Waals surface area contributed by atoms with Gasteiger partial charge in [-0.2, -0.15) is 0 Å². The Labute approximate surface area is 110 Å². The maximum Gasteiger partial charge on any atom is 0.306 e. The van der Waals surface area contributed by atoms with Crippen LogP contribution in [0.25, 0.3) is 0 Å². The van der Waals surface area contributed by atoms with Gasteiger partial charge in [0.25, 0.3) is 0 Å². The van der Waals surface area contributed by atoms with Gasteiger partial charge in [0.2, 0.25) is 0 Å².